The first-order chi connectivity index (χ1) is 16.5. The van der Waals surface area contributed by atoms with Crippen LogP contribution in [-0.2, 0) is 4.43 Å². The Bertz CT molecular complexity index is 861. The first-order valence-electron chi connectivity index (χ1n) is 15.3. The Kier molecular flexibility index (Phi) is 7.68. The van der Waals surface area contributed by atoms with Gasteiger partial charge in [-0.15, -0.1) is 0 Å². The number of rotatable bonds is 6. The van der Waals surface area contributed by atoms with Crippen molar-refractivity contribution in [1.82, 2.24) is 0 Å². The van der Waals surface area contributed by atoms with E-state index in [0.29, 0.717) is 23.4 Å². The van der Waals surface area contributed by atoms with Crippen LogP contribution in [0.4, 0.5) is 0 Å². The molecule has 4 rings (SSSR count). The lowest BCUT2D eigenvalue weighted by Crippen LogP contribution is -2.53. The van der Waals surface area contributed by atoms with Crippen LogP contribution in [0.1, 0.15) is 113 Å². The molecule has 0 bridgehead atoms. The Labute approximate surface area is 224 Å². The van der Waals surface area contributed by atoms with Gasteiger partial charge in [0.25, 0.3) is 0 Å². The molecule has 1 N–H and O–H groups in total. The summed E-state index contributed by atoms with van der Waals surface area (Å²) >= 11 is 0. The summed E-state index contributed by atoms with van der Waals surface area (Å²) in [5.41, 5.74) is 1.65. The van der Waals surface area contributed by atoms with Crippen LogP contribution in [0.5, 0.6) is 0 Å². The van der Waals surface area contributed by atoms with E-state index in [1.165, 1.54) is 44.9 Å². The van der Waals surface area contributed by atoms with Crippen LogP contribution in [-0.4, -0.2) is 25.1 Å². The van der Waals surface area contributed by atoms with Crippen molar-refractivity contribution >= 4 is 8.32 Å². The molecule has 3 saturated carbocycles. The summed E-state index contributed by atoms with van der Waals surface area (Å²) in [6.45, 7) is 23.7. The lowest BCUT2D eigenvalue weighted by molar-refractivity contribution is -0.0850. The quantitative estimate of drug-likeness (QED) is 0.282. The Morgan fingerprint density at radius 3 is 2.39 bits per heavy atom. The minimum absolute atomic E-state index is 0.261. The zero-order valence-electron chi connectivity index (χ0n) is 25.4. The topological polar surface area (TPSA) is 29.5 Å². The average Bonchev–Trinajstić information content (AvgIpc) is 3.11. The van der Waals surface area contributed by atoms with Crippen molar-refractivity contribution in [1.29, 1.82) is 0 Å². The van der Waals surface area contributed by atoms with Crippen LogP contribution in [0.2, 0.25) is 18.1 Å². The number of hydrogen-bond acceptors (Lipinski definition) is 2. The lowest BCUT2D eigenvalue weighted by Gasteiger charge is -2.59. The minimum atomic E-state index is -1.73. The standard InChI is InChI=1S/C33H58O2Si/c1-23(2)12-11-19-33(8,34)29-16-15-27-26-14-13-24-22-25(35-36(9,10)30(3,4)5)17-20-31(24,6)28(26)18-21-32(27,29)7/h11,13,19,23,25-29,34H,12,14-18,20-22H2,1-10H3/t25-,26-,27-,28-,29-,31-,32-,33-/m0/s1. The SMILES string of the molecule is CC(C)CC=C[C@](C)(O)[C@H]1CC[C@H]2[C@@H]3CC=C4C[C@@H](O[Si](C)(C)C(C)(C)C)CC[C@]4(C)[C@H]3CC[C@@]21C. The van der Waals surface area contributed by atoms with Crippen molar-refractivity contribution in [2.45, 2.75) is 143 Å². The first-order valence-corrected chi connectivity index (χ1v) is 18.2. The smallest absolute Gasteiger partial charge is 0.192 e. The van der Waals surface area contributed by atoms with Crippen LogP contribution in [0.15, 0.2) is 23.8 Å². The highest BCUT2D eigenvalue weighted by atomic mass is 28.4. The Hall–Kier alpha value is -0.383. The van der Waals surface area contributed by atoms with Gasteiger partial charge < -0.3 is 9.53 Å². The third-order valence-electron chi connectivity index (χ3n) is 12.1. The van der Waals surface area contributed by atoms with Crippen molar-refractivity contribution in [2.75, 3.05) is 0 Å². The molecule has 36 heavy (non-hydrogen) atoms. The summed E-state index contributed by atoms with van der Waals surface area (Å²) in [6.07, 6.45) is 18.6. The molecule has 0 saturated heterocycles. The normalized spacial score (nSPS) is 41.0. The monoisotopic (exact) mass is 514 g/mol. The first kappa shape index (κ1) is 28.6. The molecular weight excluding hydrogens is 456 g/mol. The summed E-state index contributed by atoms with van der Waals surface area (Å²) in [5.74, 6) is 3.37. The molecule has 8 atom stereocenters. The molecular formula is C33H58O2Si. The van der Waals surface area contributed by atoms with Gasteiger partial charge >= 0.3 is 0 Å². The van der Waals surface area contributed by atoms with Crippen molar-refractivity contribution in [3.63, 3.8) is 0 Å². The van der Waals surface area contributed by atoms with Gasteiger partial charge in [-0.2, -0.15) is 0 Å². The molecule has 4 aliphatic carbocycles. The molecule has 0 unspecified atom stereocenters. The van der Waals surface area contributed by atoms with E-state index >= 15 is 0 Å². The van der Waals surface area contributed by atoms with Gasteiger partial charge in [-0.3, -0.25) is 0 Å². The molecule has 206 valence electrons. The number of hydrogen-bond donors (Lipinski definition) is 1. The van der Waals surface area contributed by atoms with Crippen molar-refractivity contribution in [3.05, 3.63) is 23.8 Å². The largest absolute Gasteiger partial charge is 0.414 e. The van der Waals surface area contributed by atoms with Gasteiger partial charge in [0.1, 0.15) is 0 Å². The fourth-order valence-corrected chi connectivity index (χ4v) is 10.4. The Morgan fingerprint density at radius 1 is 1.06 bits per heavy atom. The molecule has 3 heteroatoms. The second kappa shape index (κ2) is 9.67. The van der Waals surface area contributed by atoms with Gasteiger partial charge in [0.05, 0.1) is 5.60 Å². The highest BCUT2D eigenvalue weighted by Crippen LogP contribution is 2.67. The summed E-state index contributed by atoms with van der Waals surface area (Å²) < 4.78 is 6.92. The van der Waals surface area contributed by atoms with Gasteiger partial charge in [0, 0.05) is 6.10 Å². The van der Waals surface area contributed by atoms with Crippen molar-refractivity contribution < 1.29 is 9.53 Å². The van der Waals surface area contributed by atoms with E-state index in [4.69, 9.17) is 4.43 Å². The van der Waals surface area contributed by atoms with Gasteiger partial charge in [0.2, 0.25) is 0 Å². The number of aliphatic hydroxyl groups is 1. The predicted octanol–water partition coefficient (Wildman–Crippen LogP) is 9.31. The van der Waals surface area contributed by atoms with Crippen LogP contribution >= 0.6 is 0 Å². The molecule has 4 aliphatic rings. The van der Waals surface area contributed by atoms with E-state index in [0.717, 1.165) is 30.6 Å². The van der Waals surface area contributed by atoms with E-state index in [-0.39, 0.29) is 10.5 Å². The van der Waals surface area contributed by atoms with E-state index in [9.17, 15) is 5.11 Å². The minimum Gasteiger partial charge on any atom is -0.414 e. The Balaban J connectivity index is 1.50. The fourth-order valence-electron chi connectivity index (χ4n) is 8.98. The third-order valence-corrected chi connectivity index (χ3v) is 16.6. The summed E-state index contributed by atoms with van der Waals surface area (Å²) in [5, 5.41) is 11.9. The molecule has 0 heterocycles. The summed E-state index contributed by atoms with van der Waals surface area (Å²) in [4.78, 5) is 0. The Morgan fingerprint density at radius 2 is 1.75 bits per heavy atom. The molecule has 0 aromatic rings. The number of fused-ring (bicyclic) bond motifs is 5. The van der Waals surface area contributed by atoms with Crippen LogP contribution < -0.4 is 0 Å². The zero-order valence-corrected chi connectivity index (χ0v) is 26.4. The maximum Gasteiger partial charge on any atom is 0.192 e. The second-order valence-corrected chi connectivity index (χ2v) is 20.7. The van der Waals surface area contributed by atoms with E-state index in [1.807, 2.05) is 0 Å². The van der Waals surface area contributed by atoms with Crippen LogP contribution in [0.25, 0.3) is 0 Å². The molecule has 0 spiro atoms. The molecule has 0 radical (unpaired) electrons. The van der Waals surface area contributed by atoms with E-state index in [2.05, 4.69) is 86.7 Å². The molecule has 0 aliphatic heterocycles. The van der Waals surface area contributed by atoms with E-state index < -0.39 is 13.9 Å². The van der Waals surface area contributed by atoms with Gasteiger partial charge in [-0.05, 0) is 123 Å². The summed E-state index contributed by atoms with van der Waals surface area (Å²) in [7, 11) is -1.73. The van der Waals surface area contributed by atoms with Gasteiger partial charge in [-0.25, -0.2) is 0 Å². The molecule has 0 aromatic carbocycles. The van der Waals surface area contributed by atoms with Crippen molar-refractivity contribution in [2.24, 2.45) is 40.4 Å². The highest BCUT2D eigenvalue weighted by molar-refractivity contribution is 6.74. The molecule has 3 fully saturated rings. The molecule has 2 nitrogen and oxygen atoms in total. The highest BCUT2D eigenvalue weighted by Gasteiger charge is 2.61. The van der Waals surface area contributed by atoms with Gasteiger partial charge in [-0.1, -0.05) is 72.3 Å². The maximum absolute atomic E-state index is 11.6. The van der Waals surface area contributed by atoms with Crippen LogP contribution in [0, 0.1) is 40.4 Å². The average molecular weight is 515 g/mol. The molecule has 0 aromatic heterocycles. The third kappa shape index (κ3) is 4.99. The summed E-state index contributed by atoms with van der Waals surface area (Å²) in [6, 6.07) is 0. The fraction of sp³-hybridized carbons (Fsp3) is 0.879. The van der Waals surface area contributed by atoms with Crippen LogP contribution in [0.3, 0.4) is 0 Å². The molecule has 0 amide bonds. The predicted molar refractivity (Wildman–Crippen MR) is 156 cm³/mol. The van der Waals surface area contributed by atoms with Crippen molar-refractivity contribution in [3.8, 4) is 0 Å². The zero-order chi connectivity index (χ0) is 26.7. The van der Waals surface area contributed by atoms with Gasteiger partial charge in [0.15, 0.2) is 8.32 Å². The maximum atomic E-state index is 11.6. The van der Waals surface area contributed by atoms with E-state index in [1.54, 1.807) is 5.57 Å². The number of allylic oxidation sites excluding steroid dienone is 2. The second-order valence-electron chi connectivity index (χ2n) is 15.9. The lowest BCUT2D eigenvalue weighted by atomic mass is 9.47.